The smallest absolute Gasteiger partial charge is 0.302 e. The molecule has 0 fully saturated rings. The van der Waals surface area contributed by atoms with Crippen LogP contribution < -0.4 is 10.9 Å². The largest absolute Gasteiger partial charge is 0.454 e. The maximum Gasteiger partial charge on any atom is 0.454 e. The van der Waals surface area contributed by atoms with Crippen LogP contribution in [0.5, 0.6) is 0 Å². The molecule has 4 nitrogen and oxygen atoms in total. The number of halogens is 4. The summed E-state index contributed by atoms with van der Waals surface area (Å²) in [5.74, 6) is -3.23. The summed E-state index contributed by atoms with van der Waals surface area (Å²) in [6.45, 7) is 0. The molecule has 0 heterocycles. The molecule has 0 spiro atoms. The minimum absolute atomic E-state index is 0.00346. The first-order valence-electron chi connectivity index (χ1n) is 6.44. The molecule has 1 aromatic rings. The first kappa shape index (κ1) is 16.0. The lowest BCUT2D eigenvalue weighted by Crippen LogP contribution is -2.38. The first-order chi connectivity index (χ1) is 10.3. The molecule has 0 atom stereocenters. The van der Waals surface area contributed by atoms with Gasteiger partial charge in [-0.05, 0) is 37.5 Å². The van der Waals surface area contributed by atoms with E-state index in [9.17, 15) is 27.2 Å². The second-order valence-electron chi connectivity index (χ2n) is 4.73. The molecule has 22 heavy (non-hydrogen) atoms. The lowest BCUT2D eigenvalue weighted by Gasteiger charge is -2.12. The number of hydrazine groups is 1. The number of carbonyl (C=O) groups excluding carboxylic acids is 2. The van der Waals surface area contributed by atoms with Gasteiger partial charge in [0.25, 0.3) is 11.7 Å². The Bertz CT molecular complexity index is 638. The van der Waals surface area contributed by atoms with Gasteiger partial charge < -0.3 is 5.43 Å². The Kier molecular flexibility index (Phi) is 4.48. The standard InChI is InChI=1S/C14H12F4N2O2/c15-9-4-1-3-8(7-9)13(22)20-19-11-6-2-5-10(11)12(21)14(16,17)18/h1,3-4,7,19H,2,5-6H2,(H,20,22). The zero-order valence-corrected chi connectivity index (χ0v) is 11.3. The summed E-state index contributed by atoms with van der Waals surface area (Å²) in [4.78, 5) is 23.0. The minimum Gasteiger partial charge on any atom is -0.302 e. The minimum atomic E-state index is -4.95. The number of benzene rings is 1. The summed E-state index contributed by atoms with van der Waals surface area (Å²) in [5, 5.41) is 0. The summed E-state index contributed by atoms with van der Waals surface area (Å²) in [6.07, 6.45) is -4.34. The molecule has 0 saturated carbocycles. The maximum atomic E-state index is 13.0. The van der Waals surface area contributed by atoms with Gasteiger partial charge in [-0.25, -0.2) is 4.39 Å². The van der Waals surface area contributed by atoms with Crippen LogP contribution >= 0.6 is 0 Å². The van der Waals surface area contributed by atoms with E-state index in [4.69, 9.17) is 0 Å². The SMILES string of the molecule is O=C(NNC1=C(C(=O)C(F)(F)F)CCC1)c1cccc(F)c1. The number of rotatable bonds is 4. The van der Waals surface area contributed by atoms with E-state index in [1.807, 2.05) is 0 Å². The van der Waals surface area contributed by atoms with Crippen LogP contribution in [-0.4, -0.2) is 17.9 Å². The Morgan fingerprint density at radius 1 is 1.14 bits per heavy atom. The Morgan fingerprint density at radius 2 is 1.86 bits per heavy atom. The molecule has 0 unspecified atom stereocenters. The molecular weight excluding hydrogens is 304 g/mol. The average molecular weight is 316 g/mol. The zero-order valence-electron chi connectivity index (χ0n) is 11.3. The average Bonchev–Trinajstić information content (AvgIpc) is 2.91. The number of nitrogens with one attached hydrogen (secondary N) is 2. The molecule has 0 saturated heterocycles. The van der Waals surface area contributed by atoms with Crippen molar-refractivity contribution >= 4 is 11.7 Å². The van der Waals surface area contributed by atoms with E-state index in [1.54, 1.807) is 0 Å². The topological polar surface area (TPSA) is 58.2 Å². The van der Waals surface area contributed by atoms with Crippen molar-refractivity contribution < 1.29 is 27.2 Å². The molecule has 2 rings (SSSR count). The Morgan fingerprint density at radius 3 is 2.50 bits per heavy atom. The second-order valence-corrected chi connectivity index (χ2v) is 4.73. The number of hydrogen-bond donors (Lipinski definition) is 2. The fourth-order valence-corrected chi connectivity index (χ4v) is 2.14. The quantitative estimate of drug-likeness (QED) is 0.663. The van der Waals surface area contributed by atoms with Gasteiger partial charge >= 0.3 is 6.18 Å². The number of allylic oxidation sites excluding steroid dienone is 2. The molecule has 1 aliphatic carbocycles. The third kappa shape index (κ3) is 3.63. The Hall–Kier alpha value is -2.38. The fraction of sp³-hybridized carbons (Fsp3) is 0.286. The van der Waals surface area contributed by atoms with E-state index < -0.39 is 23.7 Å². The van der Waals surface area contributed by atoms with Crippen LogP contribution in [0.1, 0.15) is 29.6 Å². The van der Waals surface area contributed by atoms with Crippen molar-refractivity contribution in [2.45, 2.75) is 25.4 Å². The van der Waals surface area contributed by atoms with E-state index in [-0.39, 0.29) is 29.7 Å². The maximum absolute atomic E-state index is 13.0. The number of alkyl halides is 3. The van der Waals surface area contributed by atoms with Gasteiger partial charge in [-0.1, -0.05) is 6.07 Å². The van der Waals surface area contributed by atoms with Gasteiger partial charge in [0.15, 0.2) is 0 Å². The molecule has 0 aromatic heterocycles. The highest BCUT2D eigenvalue weighted by molar-refractivity contribution is 6.00. The molecule has 1 aromatic carbocycles. The van der Waals surface area contributed by atoms with E-state index in [2.05, 4.69) is 10.9 Å². The van der Waals surface area contributed by atoms with Crippen molar-refractivity contribution in [3.8, 4) is 0 Å². The number of amides is 1. The summed E-state index contributed by atoms with van der Waals surface area (Å²) in [7, 11) is 0. The van der Waals surface area contributed by atoms with Crippen LogP contribution in [0.25, 0.3) is 0 Å². The van der Waals surface area contributed by atoms with Gasteiger partial charge in [0.1, 0.15) is 5.82 Å². The van der Waals surface area contributed by atoms with Crippen molar-refractivity contribution in [3.05, 3.63) is 46.9 Å². The molecule has 1 aliphatic rings. The number of Topliss-reactive ketones (excluding diaryl/α,β-unsaturated/α-hetero) is 1. The highest BCUT2D eigenvalue weighted by Gasteiger charge is 2.42. The first-order valence-corrected chi connectivity index (χ1v) is 6.44. The number of carbonyl (C=O) groups is 2. The molecule has 118 valence electrons. The van der Waals surface area contributed by atoms with Gasteiger partial charge in [-0.15, -0.1) is 0 Å². The molecule has 8 heteroatoms. The predicted octanol–water partition coefficient (Wildman–Crippen LogP) is 2.63. The van der Waals surface area contributed by atoms with Gasteiger partial charge in [-0.3, -0.25) is 15.0 Å². The van der Waals surface area contributed by atoms with Crippen molar-refractivity contribution in [1.82, 2.24) is 10.9 Å². The van der Waals surface area contributed by atoms with Crippen molar-refractivity contribution in [1.29, 1.82) is 0 Å². The van der Waals surface area contributed by atoms with E-state index in [1.165, 1.54) is 12.1 Å². The third-order valence-corrected chi connectivity index (χ3v) is 3.16. The van der Waals surface area contributed by atoms with Crippen molar-refractivity contribution in [2.24, 2.45) is 0 Å². The van der Waals surface area contributed by atoms with Crippen LogP contribution in [0.15, 0.2) is 35.5 Å². The number of ketones is 1. The molecule has 0 bridgehead atoms. The predicted molar refractivity (Wildman–Crippen MR) is 68.9 cm³/mol. The Labute approximate surface area is 123 Å². The summed E-state index contributed by atoms with van der Waals surface area (Å²) < 4.78 is 50.3. The van der Waals surface area contributed by atoms with E-state index in [0.717, 1.165) is 12.1 Å². The van der Waals surface area contributed by atoms with Gasteiger partial charge in [0.05, 0.1) is 0 Å². The molecule has 0 radical (unpaired) electrons. The monoisotopic (exact) mass is 316 g/mol. The zero-order chi connectivity index (χ0) is 16.3. The number of hydrogen-bond acceptors (Lipinski definition) is 3. The normalized spacial score (nSPS) is 14.9. The summed E-state index contributed by atoms with van der Waals surface area (Å²) in [5.41, 5.74) is 4.17. The molecule has 2 N–H and O–H groups in total. The van der Waals surface area contributed by atoms with E-state index in [0.29, 0.717) is 6.42 Å². The fourth-order valence-electron chi connectivity index (χ4n) is 2.14. The molecule has 1 amide bonds. The third-order valence-electron chi connectivity index (χ3n) is 3.16. The highest BCUT2D eigenvalue weighted by atomic mass is 19.4. The van der Waals surface area contributed by atoms with Gasteiger partial charge in [0, 0.05) is 16.8 Å². The van der Waals surface area contributed by atoms with E-state index >= 15 is 0 Å². The molecular formula is C14H12F4N2O2. The Balaban J connectivity index is 2.07. The van der Waals surface area contributed by atoms with Crippen LogP contribution in [0.4, 0.5) is 17.6 Å². The van der Waals surface area contributed by atoms with Crippen molar-refractivity contribution in [3.63, 3.8) is 0 Å². The van der Waals surface area contributed by atoms with Crippen molar-refractivity contribution in [2.75, 3.05) is 0 Å². The highest BCUT2D eigenvalue weighted by Crippen LogP contribution is 2.30. The van der Waals surface area contributed by atoms with Gasteiger partial charge in [0.2, 0.25) is 0 Å². The second kappa shape index (κ2) is 6.17. The van der Waals surface area contributed by atoms with Gasteiger partial charge in [-0.2, -0.15) is 13.2 Å². The molecule has 0 aliphatic heterocycles. The lowest BCUT2D eigenvalue weighted by atomic mass is 10.1. The lowest BCUT2D eigenvalue weighted by molar-refractivity contribution is -0.166. The van der Waals surface area contributed by atoms with Crippen LogP contribution in [-0.2, 0) is 4.79 Å². The summed E-state index contributed by atoms with van der Waals surface area (Å²) >= 11 is 0. The van der Waals surface area contributed by atoms with Crippen LogP contribution in [0, 0.1) is 5.82 Å². The summed E-state index contributed by atoms with van der Waals surface area (Å²) in [6, 6.07) is 4.83. The van der Waals surface area contributed by atoms with Crippen LogP contribution in [0.2, 0.25) is 0 Å². The van der Waals surface area contributed by atoms with Crippen LogP contribution in [0.3, 0.4) is 0 Å².